The highest BCUT2D eigenvalue weighted by Gasteiger charge is 2.28. The first-order valence-electron chi connectivity index (χ1n) is 5.05. The number of anilines is 1. The molecule has 0 spiro atoms. The van der Waals surface area contributed by atoms with Crippen LogP contribution in [-0.2, 0) is 0 Å². The molecule has 1 atom stereocenters. The van der Waals surface area contributed by atoms with Crippen molar-refractivity contribution < 1.29 is 4.39 Å². The summed E-state index contributed by atoms with van der Waals surface area (Å²) in [6.07, 6.45) is 1.09. The maximum atomic E-state index is 13.0. The summed E-state index contributed by atoms with van der Waals surface area (Å²) >= 11 is 0. The standard InChI is InChI=1S/C12H16FN/c1-8-7-12(2,3)14-11-6-9(13)4-5-10(8)11/h4-6,8,14H,7H2,1-3H3. The summed E-state index contributed by atoms with van der Waals surface area (Å²) in [4.78, 5) is 0. The van der Waals surface area contributed by atoms with Crippen molar-refractivity contribution >= 4 is 5.69 Å². The predicted molar refractivity (Wildman–Crippen MR) is 57.1 cm³/mol. The van der Waals surface area contributed by atoms with E-state index in [9.17, 15) is 4.39 Å². The van der Waals surface area contributed by atoms with Crippen LogP contribution in [0.5, 0.6) is 0 Å². The Balaban J connectivity index is 2.46. The van der Waals surface area contributed by atoms with Gasteiger partial charge in [0, 0.05) is 11.2 Å². The van der Waals surface area contributed by atoms with E-state index in [0.29, 0.717) is 5.92 Å². The third-order valence-corrected chi connectivity index (χ3v) is 2.84. The first kappa shape index (κ1) is 9.50. The molecule has 2 rings (SSSR count). The lowest BCUT2D eigenvalue weighted by Crippen LogP contribution is -2.36. The molecule has 1 unspecified atom stereocenters. The first-order chi connectivity index (χ1) is 6.48. The van der Waals surface area contributed by atoms with Gasteiger partial charge in [0.1, 0.15) is 5.82 Å². The summed E-state index contributed by atoms with van der Waals surface area (Å²) in [7, 11) is 0. The fraction of sp³-hybridized carbons (Fsp3) is 0.500. The topological polar surface area (TPSA) is 12.0 Å². The molecule has 76 valence electrons. The number of halogens is 1. The number of hydrogen-bond acceptors (Lipinski definition) is 1. The van der Waals surface area contributed by atoms with E-state index in [1.807, 2.05) is 6.07 Å². The minimum absolute atomic E-state index is 0.0697. The summed E-state index contributed by atoms with van der Waals surface area (Å²) in [5.41, 5.74) is 2.25. The van der Waals surface area contributed by atoms with Crippen molar-refractivity contribution in [3.63, 3.8) is 0 Å². The van der Waals surface area contributed by atoms with Gasteiger partial charge in [-0.25, -0.2) is 4.39 Å². The van der Waals surface area contributed by atoms with Crippen molar-refractivity contribution in [1.82, 2.24) is 0 Å². The van der Waals surface area contributed by atoms with Gasteiger partial charge in [-0.15, -0.1) is 0 Å². The van der Waals surface area contributed by atoms with Gasteiger partial charge < -0.3 is 5.32 Å². The molecular weight excluding hydrogens is 177 g/mol. The molecule has 1 nitrogen and oxygen atoms in total. The number of hydrogen-bond donors (Lipinski definition) is 1. The van der Waals surface area contributed by atoms with Gasteiger partial charge in [-0.2, -0.15) is 0 Å². The van der Waals surface area contributed by atoms with E-state index >= 15 is 0 Å². The summed E-state index contributed by atoms with van der Waals surface area (Å²) in [6.45, 7) is 6.49. The van der Waals surface area contributed by atoms with E-state index < -0.39 is 0 Å². The van der Waals surface area contributed by atoms with Crippen LogP contribution in [0.2, 0.25) is 0 Å². The van der Waals surface area contributed by atoms with Gasteiger partial charge in [0.2, 0.25) is 0 Å². The van der Waals surface area contributed by atoms with Gasteiger partial charge in [0.25, 0.3) is 0 Å². The van der Waals surface area contributed by atoms with Gasteiger partial charge in [-0.05, 0) is 43.9 Å². The van der Waals surface area contributed by atoms with E-state index in [4.69, 9.17) is 0 Å². The zero-order valence-electron chi connectivity index (χ0n) is 8.89. The van der Waals surface area contributed by atoms with Gasteiger partial charge in [-0.1, -0.05) is 13.0 Å². The molecule has 14 heavy (non-hydrogen) atoms. The third kappa shape index (κ3) is 1.61. The summed E-state index contributed by atoms with van der Waals surface area (Å²) in [5.74, 6) is 0.336. The Labute approximate surface area is 84.3 Å². The molecule has 1 aromatic carbocycles. The van der Waals surface area contributed by atoms with Crippen molar-refractivity contribution in [2.24, 2.45) is 0 Å². The second kappa shape index (κ2) is 2.97. The van der Waals surface area contributed by atoms with Crippen LogP contribution in [0.3, 0.4) is 0 Å². The molecule has 0 aromatic heterocycles. The monoisotopic (exact) mass is 193 g/mol. The Bertz CT molecular complexity index is 357. The van der Waals surface area contributed by atoms with Crippen LogP contribution in [0.15, 0.2) is 18.2 Å². The molecule has 0 fully saturated rings. The molecule has 0 saturated carbocycles. The highest BCUT2D eigenvalue weighted by atomic mass is 19.1. The molecule has 0 saturated heterocycles. The number of fused-ring (bicyclic) bond motifs is 1. The van der Waals surface area contributed by atoms with Crippen molar-refractivity contribution in [3.8, 4) is 0 Å². The van der Waals surface area contributed by atoms with Crippen LogP contribution in [0.1, 0.15) is 38.7 Å². The Hall–Kier alpha value is -1.05. The van der Waals surface area contributed by atoms with E-state index in [1.54, 1.807) is 6.07 Å². The Morgan fingerprint density at radius 3 is 2.86 bits per heavy atom. The van der Waals surface area contributed by atoms with Crippen LogP contribution < -0.4 is 5.32 Å². The fourth-order valence-electron chi connectivity index (χ4n) is 2.36. The number of nitrogens with one attached hydrogen (secondary N) is 1. The van der Waals surface area contributed by atoms with E-state index in [-0.39, 0.29) is 11.4 Å². The molecule has 2 heteroatoms. The minimum atomic E-state index is -0.166. The number of benzene rings is 1. The number of rotatable bonds is 0. The maximum Gasteiger partial charge on any atom is 0.125 e. The quantitative estimate of drug-likeness (QED) is 0.664. The largest absolute Gasteiger partial charge is 0.380 e. The summed E-state index contributed by atoms with van der Waals surface area (Å²) in [5, 5.41) is 3.37. The van der Waals surface area contributed by atoms with E-state index in [2.05, 4.69) is 26.1 Å². The average Bonchev–Trinajstić information content (AvgIpc) is 2.00. The normalized spacial score (nSPS) is 23.9. The molecule has 1 aromatic rings. The fourth-order valence-corrected chi connectivity index (χ4v) is 2.36. The molecule has 0 radical (unpaired) electrons. The van der Waals surface area contributed by atoms with Crippen LogP contribution in [0.4, 0.5) is 10.1 Å². The lowest BCUT2D eigenvalue weighted by Gasteiger charge is -2.37. The highest BCUT2D eigenvalue weighted by Crippen LogP contribution is 2.38. The van der Waals surface area contributed by atoms with Crippen LogP contribution in [0.25, 0.3) is 0 Å². The molecular formula is C12H16FN. The zero-order valence-corrected chi connectivity index (χ0v) is 8.89. The van der Waals surface area contributed by atoms with E-state index in [0.717, 1.165) is 12.1 Å². The van der Waals surface area contributed by atoms with Gasteiger partial charge >= 0.3 is 0 Å². The molecule has 0 amide bonds. The van der Waals surface area contributed by atoms with Crippen LogP contribution in [-0.4, -0.2) is 5.54 Å². The maximum absolute atomic E-state index is 13.0. The molecule has 1 aliphatic rings. The smallest absolute Gasteiger partial charge is 0.125 e. The Kier molecular flexibility index (Phi) is 2.02. The third-order valence-electron chi connectivity index (χ3n) is 2.84. The van der Waals surface area contributed by atoms with E-state index in [1.165, 1.54) is 11.6 Å². The summed E-state index contributed by atoms with van der Waals surface area (Å²) in [6, 6.07) is 5.01. The molecule has 0 aliphatic carbocycles. The lowest BCUT2D eigenvalue weighted by atomic mass is 9.82. The van der Waals surface area contributed by atoms with Crippen molar-refractivity contribution in [3.05, 3.63) is 29.6 Å². The second-order valence-corrected chi connectivity index (χ2v) is 4.85. The minimum Gasteiger partial charge on any atom is -0.380 e. The lowest BCUT2D eigenvalue weighted by molar-refractivity contribution is 0.453. The van der Waals surface area contributed by atoms with Crippen molar-refractivity contribution in [2.45, 2.75) is 38.6 Å². The predicted octanol–water partition coefficient (Wildman–Crippen LogP) is 3.52. The Morgan fingerprint density at radius 2 is 2.14 bits per heavy atom. The molecule has 1 aliphatic heterocycles. The molecule has 1 N–H and O–H groups in total. The van der Waals surface area contributed by atoms with Gasteiger partial charge in [0.15, 0.2) is 0 Å². The summed E-state index contributed by atoms with van der Waals surface area (Å²) < 4.78 is 13.0. The second-order valence-electron chi connectivity index (χ2n) is 4.85. The first-order valence-corrected chi connectivity index (χ1v) is 5.05. The SMILES string of the molecule is CC1CC(C)(C)Nc2cc(F)ccc21. The Morgan fingerprint density at radius 1 is 1.43 bits per heavy atom. The zero-order chi connectivity index (χ0) is 10.3. The van der Waals surface area contributed by atoms with Crippen molar-refractivity contribution in [2.75, 3.05) is 5.32 Å². The molecule has 0 bridgehead atoms. The van der Waals surface area contributed by atoms with Gasteiger partial charge in [-0.3, -0.25) is 0 Å². The van der Waals surface area contributed by atoms with Crippen LogP contribution >= 0.6 is 0 Å². The van der Waals surface area contributed by atoms with Crippen LogP contribution in [0, 0.1) is 5.82 Å². The van der Waals surface area contributed by atoms with Crippen molar-refractivity contribution in [1.29, 1.82) is 0 Å². The average molecular weight is 193 g/mol. The molecule has 1 heterocycles. The highest BCUT2D eigenvalue weighted by molar-refractivity contribution is 5.56. The van der Waals surface area contributed by atoms with Gasteiger partial charge in [0.05, 0.1) is 0 Å².